The van der Waals surface area contributed by atoms with Gasteiger partial charge in [-0.05, 0) is 129 Å². The second-order valence-corrected chi connectivity index (χ2v) is 63.4. The molecule has 10 nitrogen and oxygen atoms in total. The van der Waals surface area contributed by atoms with Crippen molar-refractivity contribution in [3.8, 4) is 0 Å². The van der Waals surface area contributed by atoms with Crippen molar-refractivity contribution >= 4 is 109 Å². The Labute approximate surface area is 364 Å². The molecule has 2 aliphatic heterocycles. The zero-order valence-corrected chi connectivity index (χ0v) is 49.4. The summed E-state index contributed by atoms with van der Waals surface area (Å²) >= 11 is 0. The Morgan fingerprint density at radius 3 is 1.47 bits per heavy atom. The van der Waals surface area contributed by atoms with E-state index in [1.807, 2.05) is 39.3 Å². The van der Waals surface area contributed by atoms with E-state index in [-0.39, 0.29) is 10.4 Å². The molecule has 3 unspecified atom stereocenters. The summed E-state index contributed by atoms with van der Waals surface area (Å²) in [5, 5.41) is -1.19. The minimum Gasteiger partial charge on any atom is -0.416 e. The summed E-state index contributed by atoms with van der Waals surface area (Å²) in [6.45, 7) is 32.6. The summed E-state index contributed by atoms with van der Waals surface area (Å²) in [6, 6.07) is 3.95. The van der Waals surface area contributed by atoms with Gasteiger partial charge in [-0.15, -0.1) is 0 Å². The van der Waals surface area contributed by atoms with Gasteiger partial charge in [0.15, 0.2) is 36.6 Å². The Morgan fingerprint density at radius 2 is 1.00 bits per heavy atom. The van der Waals surface area contributed by atoms with Gasteiger partial charge in [0.05, 0.1) is 18.4 Å². The summed E-state index contributed by atoms with van der Waals surface area (Å²) in [7, 11) is -42.8. The molecule has 3 atom stereocenters. The predicted octanol–water partition coefficient (Wildman–Crippen LogP) is 8.77. The van der Waals surface area contributed by atoms with Crippen LogP contribution in [-0.4, -0.2) is 99.2 Å². The van der Waals surface area contributed by atoms with Crippen molar-refractivity contribution in [1.29, 1.82) is 0 Å². The first-order valence-corrected chi connectivity index (χ1v) is 49.7. The number of rotatable bonds is 10. The molecule has 1 saturated heterocycles. The minimum absolute atomic E-state index is 0.268. The van der Waals surface area contributed by atoms with Gasteiger partial charge < -0.3 is 41.2 Å². The lowest BCUT2D eigenvalue weighted by molar-refractivity contribution is 0.0391. The lowest BCUT2D eigenvalue weighted by Gasteiger charge is -2.53. The highest BCUT2D eigenvalue weighted by molar-refractivity contribution is 7.03. The topological polar surface area (TPSA) is 92.3 Å². The molecule has 0 aromatic heterocycles. The van der Waals surface area contributed by atoms with E-state index in [1.165, 1.54) is 19.6 Å². The van der Waals surface area contributed by atoms with E-state index >= 15 is 22.0 Å². The predicted molar refractivity (Wildman–Crippen MR) is 247 cm³/mol. The van der Waals surface area contributed by atoms with Crippen LogP contribution in [0.3, 0.4) is 0 Å². The summed E-state index contributed by atoms with van der Waals surface area (Å²) in [5.74, 6) is -4.64. The van der Waals surface area contributed by atoms with E-state index in [9.17, 15) is 4.39 Å². The van der Waals surface area contributed by atoms with Gasteiger partial charge in [-0.25, -0.2) is 26.3 Å². The quantitative estimate of drug-likeness (QED) is 0.170. The first kappa shape index (κ1) is 52.6. The molecule has 0 amide bonds. The van der Waals surface area contributed by atoms with E-state index in [4.69, 9.17) is 41.2 Å². The van der Waals surface area contributed by atoms with Gasteiger partial charge in [0.2, 0.25) is 0 Å². The highest BCUT2D eigenvalue weighted by Crippen LogP contribution is 2.44. The van der Waals surface area contributed by atoms with Gasteiger partial charge in [0, 0.05) is 11.2 Å². The van der Waals surface area contributed by atoms with Crippen molar-refractivity contribution in [2.75, 3.05) is 0 Å². The first-order valence-electron chi connectivity index (χ1n) is 19.8. The summed E-state index contributed by atoms with van der Waals surface area (Å²) < 4.78 is 169. The number of fused-ring (bicyclic) bond motifs is 3. The molecular weight excluding hydrogens is 979 g/mol. The molecule has 2 bridgehead atoms. The Balaban J connectivity index is 2.30. The minimum atomic E-state index is -5.32. The Bertz CT molecular complexity index is 1910. The molecule has 2 aromatic carbocycles. The van der Waals surface area contributed by atoms with Crippen molar-refractivity contribution in [2.24, 2.45) is 0 Å². The fraction of sp³-hybridized carbons (Fsp3) is 0.636. The van der Waals surface area contributed by atoms with Crippen LogP contribution in [0.15, 0.2) is 30.3 Å². The molecule has 4 rings (SSSR count). The third-order valence-electron chi connectivity index (χ3n) is 8.38. The normalized spacial score (nSPS) is 27.6. The average Bonchev–Trinajstić information content (AvgIpc) is 2.92. The van der Waals surface area contributed by atoms with Crippen molar-refractivity contribution in [3.63, 3.8) is 0 Å². The van der Waals surface area contributed by atoms with Gasteiger partial charge in [-0.2, -0.15) is 0 Å². The van der Waals surface area contributed by atoms with Crippen LogP contribution < -0.4 is 15.6 Å². The maximum absolute atomic E-state index is 18.4. The molecule has 2 aromatic rings. The summed E-state index contributed by atoms with van der Waals surface area (Å²) in [5.41, 5.74) is -3.62. The maximum atomic E-state index is 18.4. The smallest absolute Gasteiger partial charge is 0.416 e. The van der Waals surface area contributed by atoms with Crippen LogP contribution in [0.2, 0.25) is 130 Å². The molecule has 1 fully saturated rings. The standard InChI is InChI=1S/C33H64F6O10Si11/c1-50(2,3)25-33(38,39)57(19)44-56(17,18)47-60(49-58(48-57,40-51(4,5)6)27-20-21-28(35)29(36)24-27)31-23-26(34)22-30(32(31)37)59(41-52(7,8)9,42-53(10,11)12)45-54(13,14)43-55(15,16)46-60/h20-24H,25H2,1-19H3. The van der Waals surface area contributed by atoms with E-state index < -0.39 is 134 Å². The second-order valence-electron chi connectivity index (χ2n) is 21.1. The molecule has 0 N–H and O–H groups in total. The van der Waals surface area contributed by atoms with E-state index in [1.54, 1.807) is 65.5 Å². The van der Waals surface area contributed by atoms with Gasteiger partial charge in [0.1, 0.15) is 11.6 Å². The maximum Gasteiger partial charge on any atom is 0.515 e. The number of alkyl halides is 2. The van der Waals surface area contributed by atoms with Crippen LogP contribution >= 0.6 is 0 Å². The molecule has 27 heteroatoms. The van der Waals surface area contributed by atoms with Gasteiger partial charge in [-0.3, -0.25) is 0 Å². The zero-order valence-electron chi connectivity index (χ0n) is 38.4. The van der Waals surface area contributed by atoms with E-state index in [0.29, 0.717) is 0 Å². The van der Waals surface area contributed by atoms with Crippen LogP contribution in [-0.2, 0) is 41.2 Å². The van der Waals surface area contributed by atoms with Gasteiger partial charge >= 0.3 is 60.7 Å². The van der Waals surface area contributed by atoms with Crippen LogP contribution in [0, 0.1) is 23.3 Å². The molecule has 2 heterocycles. The highest BCUT2D eigenvalue weighted by atomic mass is 28.6. The molecule has 0 aliphatic carbocycles. The number of benzene rings is 2. The van der Waals surface area contributed by atoms with Crippen LogP contribution in [0.25, 0.3) is 0 Å². The monoisotopic (exact) mass is 1040 g/mol. The molecule has 1 spiro atoms. The molecule has 0 saturated carbocycles. The summed E-state index contributed by atoms with van der Waals surface area (Å²) in [4.78, 5) is 0. The number of hydrogen-bond donors (Lipinski definition) is 0. The molecular formula is C33H64F6O10Si11. The molecule has 342 valence electrons. The molecule has 60 heavy (non-hydrogen) atoms. The van der Waals surface area contributed by atoms with Crippen molar-refractivity contribution in [3.05, 3.63) is 53.6 Å². The fourth-order valence-corrected chi connectivity index (χ4v) is 55.2. The van der Waals surface area contributed by atoms with Crippen LogP contribution in [0.4, 0.5) is 26.3 Å². The fourth-order valence-electron chi connectivity index (χ4n) is 7.15. The van der Waals surface area contributed by atoms with Gasteiger partial charge in [0.25, 0.3) is 5.55 Å². The zero-order chi connectivity index (χ0) is 46.4. The van der Waals surface area contributed by atoms with Crippen molar-refractivity contribution in [2.45, 2.75) is 136 Å². The number of halogens is 6. The SMILES string of the molecule is C[Si](C)(C)CC(F)(F)[Si]1(C)O[Si](C)(C)O[Si]2(O[Si](C)(C)O[Si](C)(C)O[Si](O[Si](C)(C)C)(O[Si](C)(C)C)c3cc(F)cc2c3F)O[Si](O[Si](C)(C)C)(c2ccc(F)c(F)c2)O1. The summed E-state index contributed by atoms with van der Waals surface area (Å²) in [6.07, 6.45) is 0. The Kier molecular flexibility index (Phi) is 14.7. The number of hydrogen-bond acceptors (Lipinski definition) is 10. The van der Waals surface area contributed by atoms with E-state index in [0.717, 1.165) is 30.3 Å². The Hall–Kier alpha value is 0.00571. The largest absolute Gasteiger partial charge is 0.515 e. The lowest BCUT2D eigenvalue weighted by Crippen LogP contribution is -2.82. The first-order chi connectivity index (χ1) is 26.5. The van der Waals surface area contributed by atoms with E-state index in [2.05, 4.69) is 0 Å². The van der Waals surface area contributed by atoms with Crippen LogP contribution in [0.1, 0.15) is 0 Å². The second kappa shape index (κ2) is 16.7. The third-order valence-corrected chi connectivity index (χ3v) is 46.7. The highest BCUT2D eigenvalue weighted by Gasteiger charge is 2.73. The lowest BCUT2D eigenvalue weighted by atomic mass is 10.3. The van der Waals surface area contributed by atoms with Crippen molar-refractivity contribution in [1.82, 2.24) is 0 Å². The van der Waals surface area contributed by atoms with Gasteiger partial charge in [-0.1, -0.05) is 25.7 Å². The Morgan fingerprint density at radius 1 is 0.533 bits per heavy atom. The van der Waals surface area contributed by atoms with Crippen molar-refractivity contribution < 1.29 is 67.5 Å². The third kappa shape index (κ3) is 12.7. The average molecular weight is 1040 g/mol. The molecule has 0 radical (unpaired) electrons. The van der Waals surface area contributed by atoms with Crippen LogP contribution in [0.5, 0.6) is 0 Å². The molecule has 2 aliphatic rings.